The van der Waals surface area contributed by atoms with Gasteiger partial charge < -0.3 is 5.11 Å². The molecule has 2 aliphatic rings. The van der Waals surface area contributed by atoms with Crippen LogP contribution in [0.4, 0.5) is 0 Å². The van der Waals surface area contributed by atoms with Crippen LogP contribution in [0.3, 0.4) is 0 Å². The standard InChI is InChI=1S/C16H29NO4S/c1-11(7-12(2)18)9-17-22(20,21)10-16-6-5-13(8-14(16)19)15(16,3)4/h11-13,17-18H,5-10H2,1-4H3. The number of hydrogen-bond acceptors (Lipinski definition) is 4. The molecule has 0 saturated heterocycles. The maximum absolute atomic E-state index is 12.5. The van der Waals surface area contributed by atoms with Crippen molar-refractivity contribution in [1.82, 2.24) is 4.72 Å². The molecule has 2 aliphatic carbocycles. The second-order valence-corrected chi connectivity index (χ2v) is 9.77. The van der Waals surface area contributed by atoms with Crippen LogP contribution in [0.25, 0.3) is 0 Å². The van der Waals surface area contributed by atoms with E-state index in [0.717, 1.165) is 6.42 Å². The van der Waals surface area contributed by atoms with Gasteiger partial charge in [0.1, 0.15) is 5.78 Å². The van der Waals surface area contributed by atoms with E-state index in [2.05, 4.69) is 4.72 Å². The fraction of sp³-hybridized carbons (Fsp3) is 0.938. The number of carbonyl (C=O) groups excluding carboxylic acids is 1. The van der Waals surface area contributed by atoms with Crippen LogP contribution >= 0.6 is 0 Å². The number of rotatable bonds is 7. The van der Waals surface area contributed by atoms with Gasteiger partial charge in [0.2, 0.25) is 10.0 Å². The summed E-state index contributed by atoms with van der Waals surface area (Å²) in [6.45, 7) is 8.00. The molecular formula is C16H29NO4S. The summed E-state index contributed by atoms with van der Waals surface area (Å²) in [7, 11) is -3.50. The fourth-order valence-electron chi connectivity index (χ4n) is 4.42. The molecule has 2 saturated carbocycles. The van der Waals surface area contributed by atoms with E-state index in [4.69, 9.17) is 0 Å². The SMILES string of the molecule is CC(O)CC(C)CNS(=O)(=O)CC12CCC(CC1=O)C2(C)C. The Hall–Kier alpha value is -0.460. The third-order valence-corrected chi connectivity index (χ3v) is 7.45. The highest BCUT2D eigenvalue weighted by Crippen LogP contribution is 2.64. The van der Waals surface area contributed by atoms with Crippen LogP contribution in [0.5, 0.6) is 0 Å². The highest BCUT2D eigenvalue weighted by molar-refractivity contribution is 7.89. The second-order valence-electron chi connectivity index (χ2n) is 7.96. The first-order chi connectivity index (χ1) is 10.0. The fourth-order valence-corrected chi connectivity index (χ4v) is 6.39. The quantitative estimate of drug-likeness (QED) is 0.744. The summed E-state index contributed by atoms with van der Waals surface area (Å²) < 4.78 is 27.6. The Kier molecular flexibility index (Phi) is 4.78. The van der Waals surface area contributed by atoms with E-state index in [0.29, 0.717) is 31.7 Å². The van der Waals surface area contributed by atoms with Gasteiger partial charge in [-0.05, 0) is 43.4 Å². The molecule has 0 radical (unpaired) electrons. The molecule has 2 rings (SSSR count). The van der Waals surface area contributed by atoms with Gasteiger partial charge in [-0.2, -0.15) is 0 Å². The number of hydrogen-bond donors (Lipinski definition) is 2. The molecule has 0 spiro atoms. The van der Waals surface area contributed by atoms with Crippen LogP contribution < -0.4 is 4.72 Å². The Labute approximate surface area is 133 Å². The van der Waals surface area contributed by atoms with E-state index in [1.807, 2.05) is 20.8 Å². The number of aliphatic hydroxyl groups excluding tert-OH is 1. The van der Waals surface area contributed by atoms with Crippen LogP contribution in [0.1, 0.15) is 53.4 Å². The molecule has 0 aliphatic heterocycles. The first-order valence-corrected chi connectivity index (χ1v) is 9.84. The maximum atomic E-state index is 12.5. The van der Waals surface area contributed by atoms with E-state index in [1.54, 1.807) is 6.92 Å². The first-order valence-electron chi connectivity index (χ1n) is 8.19. The zero-order valence-corrected chi connectivity index (χ0v) is 14.9. The lowest BCUT2D eigenvalue weighted by molar-refractivity contribution is -0.128. The minimum Gasteiger partial charge on any atom is -0.393 e. The molecule has 6 heteroatoms. The smallest absolute Gasteiger partial charge is 0.212 e. The lowest BCUT2D eigenvalue weighted by Crippen LogP contribution is -2.46. The third-order valence-electron chi connectivity index (χ3n) is 5.97. The molecule has 2 fully saturated rings. The van der Waals surface area contributed by atoms with Crippen LogP contribution in [0, 0.1) is 22.7 Å². The highest BCUT2D eigenvalue weighted by atomic mass is 32.2. The predicted molar refractivity (Wildman–Crippen MR) is 85.8 cm³/mol. The van der Waals surface area contributed by atoms with Crippen LogP contribution in [0.2, 0.25) is 0 Å². The number of Topliss-reactive ketones (excluding diaryl/α,β-unsaturated/α-hetero) is 1. The number of fused-ring (bicyclic) bond motifs is 2. The van der Waals surface area contributed by atoms with Gasteiger partial charge in [0.25, 0.3) is 0 Å². The van der Waals surface area contributed by atoms with Crippen molar-refractivity contribution < 1.29 is 18.3 Å². The zero-order valence-electron chi connectivity index (χ0n) is 14.1. The van der Waals surface area contributed by atoms with Crippen molar-refractivity contribution >= 4 is 15.8 Å². The average molecular weight is 331 g/mol. The Morgan fingerprint density at radius 1 is 1.36 bits per heavy atom. The van der Waals surface area contributed by atoms with E-state index >= 15 is 0 Å². The lowest BCUT2D eigenvalue weighted by atomic mass is 9.70. The van der Waals surface area contributed by atoms with E-state index in [9.17, 15) is 18.3 Å². The number of ketones is 1. The molecule has 4 unspecified atom stereocenters. The molecule has 0 aromatic heterocycles. The number of carbonyl (C=O) groups is 1. The summed E-state index contributed by atoms with van der Waals surface area (Å²) in [5.41, 5.74) is -0.943. The summed E-state index contributed by atoms with van der Waals surface area (Å²) in [4.78, 5) is 12.4. The molecule has 4 atom stereocenters. The maximum Gasteiger partial charge on any atom is 0.212 e. The zero-order chi connectivity index (χ0) is 16.8. The summed E-state index contributed by atoms with van der Waals surface area (Å²) in [6.07, 6.45) is 2.28. The Morgan fingerprint density at radius 3 is 2.45 bits per heavy atom. The van der Waals surface area contributed by atoms with Crippen molar-refractivity contribution in [2.45, 2.75) is 59.5 Å². The lowest BCUT2D eigenvalue weighted by Gasteiger charge is -2.36. The van der Waals surface area contributed by atoms with Gasteiger partial charge in [-0.25, -0.2) is 13.1 Å². The van der Waals surface area contributed by atoms with Crippen LogP contribution in [0.15, 0.2) is 0 Å². The summed E-state index contributed by atoms with van der Waals surface area (Å²) in [5.74, 6) is 0.417. The van der Waals surface area contributed by atoms with Gasteiger partial charge in [-0.15, -0.1) is 0 Å². The van der Waals surface area contributed by atoms with E-state index < -0.39 is 21.5 Å². The molecule has 128 valence electrons. The normalized spacial score (nSPS) is 33.1. The number of aliphatic hydroxyl groups is 1. The Balaban J connectivity index is 2.04. The average Bonchev–Trinajstić information content (AvgIpc) is 2.69. The van der Waals surface area contributed by atoms with Crippen LogP contribution in [-0.4, -0.2) is 37.7 Å². The molecule has 0 amide bonds. The van der Waals surface area contributed by atoms with Gasteiger partial charge >= 0.3 is 0 Å². The molecule has 0 heterocycles. The van der Waals surface area contributed by atoms with Crippen molar-refractivity contribution in [1.29, 1.82) is 0 Å². The minimum absolute atomic E-state index is 0.0656. The monoisotopic (exact) mass is 331 g/mol. The molecule has 2 N–H and O–H groups in total. The molecule has 0 aromatic carbocycles. The predicted octanol–water partition coefficient (Wildman–Crippen LogP) is 1.71. The van der Waals surface area contributed by atoms with Gasteiger partial charge in [0, 0.05) is 18.4 Å². The topological polar surface area (TPSA) is 83.5 Å². The molecule has 2 bridgehead atoms. The van der Waals surface area contributed by atoms with Crippen molar-refractivity contribution in [2.75, 3.05) is 12.3 Å². The third kappa shape index (κ3) is 3.10. The van der Waals surface area contributed by atoms with Crippen molar-refractivity contribution in [3.05, 3.63) is 0 Å². The van der Waals surface area contributed by atoms with Crippen LogP contribution in [-0.2, 0) is 14.8 Å². The van der Waals surface area contributed by atoms with Gasteiger partial charge in [-0.1, -0.05) is 20.8 Å². The summed E-state index contributed by atoms with van der Waals surface area (Å²) in [5, 5.41) is 9.35. The second kappa shape index (κ2) is 5.87. The minimum atomic E-state index is -3.50. The Morgan fingerprint density at radius 2 is 2.00 bits per heavy atom. The van der Waals surface area contributed by atoms with Crippen molar-refractivity contribution in [3.63, 3.8) is 0 Å². The van der Waals surface area contributed by atoms with Gasteiger partial charge in [0.05, 0.1) is 11.9 Å². The van der Waals surface area contributed by atoms with Gasteiger partial charge in [-0.3, -0.25) is 4.79 Å². The highest BCUT2D eigenvalue weighted by Gasteiger charge is 2.65. The number of nitrogens with one attached hydrogen (secondary N) is 1. The van der Waals surface area contributed by atoms with E-state index in [-0.39, 0.29) is 22.9 Å². The van der Waals surface area contributed by atoms with E-state index in [1.165, 1.54) is 0 Å². The van der Waals surface area contributed by atoms with Crippen molar-refractivity contribution in [3.8, 4) is 0 Å². The summed E-state index contributed by atoms with van der Waals surface area (Å²) in [6, 6.07) is 0. The van der Waals surface area contributed by atoms with Crippen molar-refractivity contribution in [2.24, 2.45) is 22.7 Å². The summed E-state index contributed by atoms with van der Waals surface area (Å²) >= 11 is 0. The molecule has 0 aromatic rings. The largest absolute Gasteiger partial charge is 0.393 e. The number of sulfonamides is 1. The first kappa shape index (κ1) is 17.9. The Bertz CT molecular complexity index is 540. The van der Waals surface area contributed by atoms with Gasteiger partial charge in [0.15, 0.2) is 0 Å². The molecule has 5 nitrogen and oxygen atoms in total. The molecule has 22 heavy (non-hydrogen) atoms. The molecular weight excluding hydrogens is 302 g/mol.